The Morgan fingerprint density at radius 3 is 2.80 bits per heavy atom. The van der Waals surface area contributed by atoms with E-state index in [1.807, 2.05) is 31.4 Å². The molecule has 5 nitrogen and oxygen atoms in total. The van der Waals surface area contributed by atoms with Crippen molar-refractivity contribution >= 4 is 17.0 Å². The summed E-state index contributed by atoms with van der Waals surface area (Å²) in [5, 5.41) is 9.35. The van der Waals surface area contributed by atoms with Crippen molar-refractivity contribution in [3.63, 3.8) is 0 Å². The number of hydrogen-bond donors (Lipinski definition) is 1. The molecule has 0 radical (unpaired) electrons. The molecule has 1 heterocycles. The second kappa shape index (κ2) is 6.05. The van der Waals surface area contributed by atoms with Gasteiger partial charge in [-0.15, -0.1) is 0 Å². The summed E-state index contributed by atoms with van der Waals surface area (Å²) in [6.45, 7) is 7.20. The van der Waals surface area contributed by atoms with Crippen LogP contribution in [0.3, 0.4) is 0 Å². The predicted molar refractivity (Wildman–Crippen MR) is 77.2 cm³/mol. The molecule has 0 fully saturated rings. The number of hydrogen-bond acceptors (Lipinski definition) is 3. The average molecular weight is 276 g/mol. The summed E-state index contributed by atoms with van der Waals surface area (Å²) in [4.78, 5) is 15.9. The van der Waals surface area contributed by atoms with Crippen LogP contribution in [0.15, 0.2) is 18.2 Å². The van der Waals surface area contributed by atoms with Crippen LogP contribution in [0, 0.1) is 0 Å². The lowest BCUT2D eigenvalue weighted by atomic mass is 10.2. The van der Waals surface area contributed by atoms with Gasteiger partial charge in [-0.1, -0.05) is 13.0 Å². The number of rotatable bonds is 6. The van der Waals surface area contributed by atoms with Crippen molar-refractivity contribution in [2.45, 2.75) is 39.8 Å². The number of imidazole rings is 1. The number of carboxylic acids is 1. The first kappa shape index (κ1) is 14.5. The minimum absolute atomic E-state index is 0.0181. The molecule has 1 N–H and O–H groups in total. The van der Waals surface area contributed by atoms with Gasteiger partial charge in [-0.3, -0.25) is 0 Å². The van der Waals surface area contributed by atoms with Crippen LogP contribution in [0.1, 0.15) is 37.0 Å². The number of nitrogens with zero attached hydrogens (tertiary/aromatic N) is 2. The van der Waals surface area contributed by atoms with Gasteiger partial charge in [-0.05, 0) is 26.0 Å². The number of aromatic carboxylic acids is 1. The average Bonchev–Trinajstić information content (AvgIpc) is 2.76. The smallest absolute Gasteiger partial charge is 0.337 e. The van der Waals surface area contributed by atoms with E-state index in [2.05, 4.69) is 4.98 Å². The fraction of sp³-hybridized carbons (Fsp3) is 0.467. The zero-order valence-electron chi connectivity index (χ0n) is 12.1. The largest absolute Gasteiger partial charge is 0.478 e. The third-order valence-electron chi connectivity index (χ3n) is 3.28. The Bertz CT molecular complexity index is 619. The quantitative estimate of drug-likeness (QED) is 0.881. The maximum Gasteiger partial charge on any atom is 0.337 e. The highest BCUT2D eigenvalue weighted by Gasteiger charge is 2.18. The molecule has 0 aliphatic heterocycles. The Balaban J connectivity index is 2.57. The van der Waals surface area contributed by atoms with E-state index in [1.54, 1.807) is 12.1 Å². The number of aromatic nitrogens is 2. The Morgan fingerprint density at radius 1 is 1.45 bits per heavy atom. The molecule has 1 aromatic heterocycles. The SMILES string of the molecule is CCOC(C)Cn1c(CC)nc2cccc(C(=O)O)c21. The topological polar surface area (TPSA) is 64.4 Å². The summed E-state index contributed by atoms with van der Waals surface area (Å²) in [6, 6.07) is 5.20. The van der Waals surface area contributed by atoms with Crippen LogP contribution >= 0.6 is 0 Å². The third kappa shape index (κ3) is 2.67. The lowest BCUT2D eigenvalue weighted by Gasteiger charge is -2.15. The summed E-state index contributed by atoms with van der Waals surface area (Å²) in [7, 11) is 0. The summed E-state index contributed by atoms with van der Waals surface area (Å²) >= 11 is 0. The van der Waals surface area contributed by atoms with Crippen LogP contribution in [-0.4, -0.2) is 33.3 Å². The fourth-order valence-electron chi connectivity index (χ4n) is 2.47. The summed E-state index contributed by atoms with van der Waals surface area (Å²) in [5.74, 6) is -0.0382. The Labute approximate surface area is 118 Å². The van der Waals surface area contributed by atoms with E-state index in [9.17, 15) is 9.90 Å². The molecule has 0 amide bonds. The monoisotopic (exact) mass is 276 g/mol. The third-order valence-corrected chi connectivity index (χ3v) is 3.28. The van der Waals surface area contributed by atoms with Gasteiger partial charge >= 0.3 is 5.97 Å². The lowest BCUT2D eigenvalue weighted by Crippen LogP contribution is -2.19. The standard InChI is InChI=1S/C15H20N2O3/c1-4-13-16-12-8-6-7-11(15(18)19)14(12)17(13)9-10(3)20-5-2/h6-8,10H,4-5,9H2,1-3H3,(H,18,19). The second-order valence-corrected chi connectivity index (χ2v) is 4.74. The predicted octanol–water partition coefficient (Wildman–Crippen LogP) is 2.72. The minimum Gasteiger partial charge on any atom is -0.478 e. The molecule has 0 saturated carbocycles. The molecule has 1 atom stereocenters. The van der Waals surface area contributed by atoms with Gasteiger partial charge in [0, 0.05) is 13.0 Å². The van der Waals surface area contributed by atoms with Crippen LogP contribution in [0.2, 0.25) is 0 Å². The number of ether oxygens (including phenoxy) is 1. The van der Waals surface area contributed by atoms with Gasteiger partial charge in [0.05, 0.1) is 29.2 Å². The van der Waals surface area contributed by atoms with Crippen LogP contribution in [-0.2, 0) is 17.7 Å². The molecule has 1 aromatic carbocycles. The highest BCUT2D eigenvalue weighted by Crippen LogP contribution is 2.22. The van der Waals surface area contributed by atoms with Gasteiger partial charge in [0.15, 0.2) is 0 Å². The van der Waals surface area contributed by atoms with E-state index >= 15 is 0 Å². The number of aryl methyl sites for hydroxylation is 1. The summed E-state index contributed by atoms with van der Waals surface area (Å²) in [6.07, 6.45) is 0.775. The molecule has 20 heavy (non-hydrogen) atoms. The number of para-hydroxylation sites is 1. The van der Waals surface area contributed by atoms with Crippen molar-refractivity contribution in [1.82, 2.24) is 9.55 Å². The molecule has 2 aromatic rings. The van der Waals surface area contributed by atoms with Crippen LogP contribution in [0.25, 0.3) is 11.0 Å². The molecule has 1 unspecified atom stereocenters. The van der Waals surface area contributed by atoms with Crippen molar-refractivity contribution < 1.29 is 14.6 Å². The molecular formula is C15H20N2O3. The van der Waals surface area contributed by atoms with E-state index in [0.29, 0.717) is 24.2 Å². The zero-order chi connectivity index (χ0) is 14.7. The molecule has 0 saturated heterocycles. The van der Waals surface area contributed by atoms with Crippen LogP contribution in [0.5, 0.6) is 0 Å². The minimum atomic E-state index is -0.927. The van der Waals surface area contributed by atoms with Gasteiger partial charge in [0.25, 0.3) is 0 Å². The van der Waals surface area contributed by atoms with Crippen molar-refractivity contribution in [3.8, 4) is 0 Å². The van der Waals surface area contributed by atoms with Crippen molar-refractivity contribution in [1.29, 1.82) is 0 Å². The highest BCUT2D eigenvalue weighted by atomic mass is 16.5. The number of fused-ring (bicyclic) bond motifs is 1. The van der Waals surface area contributed by atoms with Gasteiger partial charge in [-0.25, -0.2) is 9.78 Å². The lowest BCUT2D eigenvalue weighted by molar-refractivity contribution is 0.0637. The van der Waals surface area contributed by atoms with E-state index in [-0.39, 0.29) is 6.10 Å². The maximum absolute atomic E-state index is 11.4. The molecule has 2 rings (SSSR count). The van der Waals surface area contributed by atoms with E-state index in [1.165, 1.54) is 0 Å². The maximum atomic E-state index is 11.4. The zero-order valence-corrected chi connectivity index (χ0v) is 12.1. The number of carboxylic acid groups (broad SMARTS) is 1. The van der Waals surface area contributed by atoms with Gasteiger partial charge < -0.3 is 14.4 Å². The molecule has 0 bridgehead atoms. The Kier molecular flexibility index (Phi) is 4.39. The molecule has 0 aliphatic carbocycles. The van der Waals surface area contributed by atoms with Crippen LogP contribution in [0.4, 0.5) is 0 Å². The van der Waals surface area contributed by atoms with Crippen molar-refractivity contribution in [2.24, 2.45) is 0 Å². The Morgan fingerprint density at radius 2 is 2.20 bits per heavy atom. The molecule has 0 spiro atoms. The second-order valence-electron chi connectivity index (χ2n) is 4.74. The molecule has 108 valence electrons. The van der Waals surface area contributed by atoms with Crippen molar-refractivity contribution in [2.75, 3.05) is 6.61 Å². The first-order valence-corrected chi connectivity index (χ1v) is 6.91. The summed E-state index contributed by atoms with van der Waals surface area (Å²) in [5.41, 5.74) is 1.70. The van der Waals surface area contributed by atoms with Gasteiger partial charge in [0.2, 0.25) is 0 Å². The Hall–Kier alpha value is -1.88. The fourth-order valence-corrected chi connectivity index (χ4v) is 2.47. The molecule has 0 aliphatic rings. The van der Waals surface area contributed by atoms with Gasteiger partial charge in [0.1, 0.15) is 5.82 Å². The van der Waals surface area contributed by atoms with Crippen LogP contribution < -0.4 is 0 Å². The molecule has 5 heteroatoms. The van der Waals surface area contributed by atoms with Gasteiger partial charge in [-0.2, -0.15) is 0 Å². The van der Waals surface area contributed by atoms with Crippen molar-refractivity contribution in [3.05, 3.63) is 29.6 Å². The number of benzene rings is 1. The normalized spacial score (nSPS) is 12.8. The number of carbonyl (C=O) groups is 1. The first-order chi connectivity index (χ1) is 9.58. The van der Waals surface area contributed by atoms with E-state index in [0.717, 1.165) is 17.8 Å². The highest BCUT2D eigenvalue weighted by molar-refractivity contribution is 6.01. The first-order valence-electron chi connectivity index (χ1n) is 6.91. The van der Waals surface area contributed by atoms with E-state index < -0.39 is 5.97 Å². The van der Waals surface area contributed by atoms with E-state index in [4.69, 9.17) is 4.74 Å². The molecular weight excluding hydrogens is 256 g/mol. The summed E-state index contributed by atoms with van der Waals surface area (Å²) < 4.78 is 7.54.